The standard InChI is InChI=1S/C18H32O4/c1-13(2)11-21-17(19)16(18(20)22-12-14(3)4)10-15-8-6-5-7-9-15/h13-16H,5-12H2,1-4H3. The van der Waals surface area contributed by atoms with E-state index in [4.69, 9.17) is 9.47 Å². The predicted molar refractivity (Wildman–Crippen MR) is 86.3 cm³/mol. The van der Waals surface area contributed by atoms with E-state index in [-0.39, 0.29) is 11.8 Å². The van der Waals surface area contributed by atoms with Crippen LogP contribution in [0.15, 0.2) is 0 Å². The number of hydrogen-bond donors (Lipinski definition) is 0. The maximum atomic E-state index is 12.3. The molecule has 0 N–H and O–H groups in total. The van der Waals surface area contributed by atoms with Gasteiger partial charge in [-0.25, -0.2) is 0 Å². The highest BCUT2D eigenvalue weighted by Crippen LogP contribution is 2.30. The van der Waals surface area contributed by atoms with E-state index in [1.807, 2.05) is 27.7 Å². The minimum Gasteiger partial charge on any atom is -0.465 e. The van der Waals surface area contributed by atoms with Gasteiger partial charge in [0.15, 0.2) is 5.92 Å². The molecule has 1 aliphatic rings. The van der Waals surface area contributed by atoms with Crippen LogP contribution in [0.5, 0.6) is 0 Å². The van der Waals surface area contributed by atoms with Crippen molar-refractivity contribution in [3.8, 4) is 0 Å². The first kappa shape index (κ1) is 19.0. The summed E-state index contributed by atoms with van der Waals surface area (Å²) in [5.41, 5.74) is 0. The van der Waals surface area contributed by atoms with Crippen molar-refractivity contribution in [2.75, 3.05) is 13.2 Å². The second-order valence-corrected chi connectivity index (χ2v) is 7.34. The third-order valence-electron chi connectivity index (χ3n) is 3.98. The molecule has 128 valence electrons. The van der Waals surface area contributed by atoms with Gasteiger partial charge >= 0.3 is 11.9 Å². The van der Waals surface area contributed by atoms with Crippen LogP contribution in [0.3, 0.4) is 0 Å². The normalized spacial score (nSPS) is 16.3. The summed E-state index contributed by atoms with van der Waals surface area (Å²) >= 11 is 0. The van der Waals surface area contributed by atoms with E-state index in [9.17, 15) is 9.59 Å². The maximum absolute atomic E-state index is 12.3. The Bertz CT molecular complexity index is 319. The molecule has 4 nitrogen and oxygen atoms in total. The zero-order valence-corrected chi connectivity index (χ0v) is 14.6. The Kier molecular flexibility index (Phi) is 8.51. The van der Waals surface area contributed by atoms with Gasteiger partial charge in [0.1, 0.15) is 0 Å². The molecule has 0 aromatic heterocycles. The second kappa shape index (κ2) is 9.86. The van der Waals surface area contributed by atoms with E-state index in [1.54, 1.807) is 0 Å². The Morgan fingerprint density at radius 3 is 1.73 bits per heavy atom. The van der Waals surface area contributed by atoms with E-state index in [0.717, 1.165) is 12.8 Å². The van der Waals surface area contributed by atoms with Crippen molar-refractivity contribution in [2.24, 2.45) is 23.7 Å². The summed E-state index contributed by atoms with van der Waals surface area (Å²) in [7, 11) is 0. The topological polar surface area (TPSA) is 52.6 Å². The smallest absolute Gasteiger partial charge is 0.320 e. The molecule has 0 spiro atoms. The van der Waals surface area contributed by atoms with Crippen LogP contribution in [0.25, 0.3) is 0 Å². The number of carbonyl (C=O) groups is 2. The number of rotatable bonds is 8. The molecule has 1 fully saturated rings. The van der Waals surface area contributed by atoms with Crippen LogP contribution in [0.1, 0.15) is 66.2 Å². The fourth-order valence-electron chi connectivity index (χ4n) is 2.74. The van der Waals surface area contributed by atoms with E-state index >= 15 is 0 Å². The monoisotopic (exact) mass is 312 g/mol. The lowest BCUT2D eigenvalue weighted by Gasteiger charge is -2.25. The third-order valence-corrected chi connectivity index (χ3v) is 3.98. The average Bonchev–Trinajstić information content (AvgIpc) is 2.48. The summed E-state index contributed by atoms with van der Waals surface area (Å²) in [5.74, 6) is -0.587. The highest BCUT2D eigenvalue weighted by molar-refractivity contribution is 5.94. The van der Waals surface area contributed by atoms with E-state index in [0.29, 0.717) is 25.6 Å². The Balaban J connectivity index is 2.61. The maximum Gasteiger partial charge on any atom is 0.320 e. The third kappa shape index (κ3) is 7.28. The SMILES string of the molecule is CC(C)COC(=O)C(CC1CCCCC1)C(=O)OCC(C)C. The molecule has 1 rings (SSSR count). The molecule has 4 heteroatoms. The minimum atomic E-state index is -0.749. The van der Waals surface area contributed by atoms with Crippen LogP contribution in [-0.2, 0) is 19.1 Å². The van der Waals surface area contributed by atoms with Crippen molar-refractivity contribution in [3.63, 3.8) is 0 Å². The van der Waals surface area contributed by atoms with Gasteiger partial charge in [0.05, 0.1) is 13.2 Å². The highest BCUT2D eigenvalue weighted by atomic mass is 16.6. The lowest BCUT2D eigenvalue weighted by Crippen LogP contribution is -2.32. The van der Waals surface area contributed by atoms with Crippen LogP contribution >= 0.6 is 0 Å². The molecule has 0 aromatic rings. The summed E-state index contributed by atoms with van der Waals surface area (Å²) < 4.78 is 10.6. The molecule has 0 aromatic carbocycles. The van der Waals surface area contributed by atoms with E-state index < -0.39 is 17.9 Å². The molecule has 0 atom stereocenters. The predicted octanol–water partition coefficient (Wildman–Crippen LogP) is 3.97. The van der Waals surface area contributed by atoms with Gasteiger partial charge in [-0.1, -0.05) is 59.8 Å². The summed E-state index contributed by atoms with van der Waals surface area (Å²) in [6, 6.07) is 0. The molecule has 1 saturated carbocycles. The molecule has 1 aliphatic carbocycles. The molecule has 0 aliphatic heterocycles. The summed E-state index contributed by atoms with van der Waals surface area (Å²) in [6.45, 7) is 8.66. The number of hydrogen-bond acceptors (Lipinski definition) is 4. The van der Waals surface area contributed by atoms with Gasteiger partial charge in [-0.2, -0.15) is 0 Å². The van der Waals surface area contributed by atoms with Crippen molar-refractivity contribution < 1.29 is 19.1 Å². The minimum absolute atomic E-state index is 0.269. The van der Waals surface area contributed by atoms with Crippen molar-refractivity contribution in [2.45, 2.75) is 66.2 Å². The lowest BCUT2D eigenvalue weighted by molar-refractivity contribution is -0.164. The van der Waals surface area contributed by atoms with Gasteiger partial charge in [-0.15, -0.1) is 0 Å². The molecule has 0 saturated heterocycles. The Morgan fingerprint density at radius 1 is 0.864 bits per heavy atom. The van der Waals surface area contributed by atoms with Crippen LogP contribution < -0.4 is 0 Å². The van der Waals surface area contributed by atoms with Gasteiger partial charge in [0.2, 0.25) is 0 Å². The summed E-state index contributed by atoms with van der Waals surface area (Å²) in [6.07, 6.45) is 6.43. The van der Waals surface area contributed by atoms with Gasteiger partial charge in [-0.05, 0) is 24.2 Å². The summed E-state index contributed by atoms with van der Waals surface area (Å²) in [4.78, 5) is 24.6. The fraction of sp³-hybridized carbons (Fsp3) is 0.889. The molecule has 0 amide bonds. The van der Waals surface area contributed by atoms with Gasteiger partial charge in [-0.3, -0.25) is 9.59 Å². The molecule has 0 heterocycles. The van der Waals surface area contributed by atoms with Crippen molar-refractivity contribution in [1.29, 1.82) is 0 Å². The largest absolute Gasteiger partial charge is 0.465 e. The Morgan fingerprint density at radius 2 is 1.32 bits per heavy atom. The average molecular weight is 312 g/mol. The zero-order valence-electron chi connectivity index (χ0n) is 14.6. The van der Waals surface area contributed by atoms with E-state index in [1.165, 1.54) is 19.3 Å². The number of ether oxygens (including phenoxy) is 2. The molecule has 0 unspecified atom stereocenters. The molecule has 0 radical (unpaired) electrons. The first-order valence-corrected chi connectivity index (χ1v) is 8.73. The number of esters is 2. The Hall–Kier alpha value is -1.06. The molecule has 0 bridgehead atoms. The summed E-state index contributed by atoms with van der Waals surface area (Å²) in [5, 5.41) is 0. The van der Waals surface area contributed by atoms with Crippen molar-refractivity contribution in [1.82, 2.24) is 0 Å². The van der Waals surface area contributed by atoms with Crippen LogP contribution in [0.2, 0.25) is 0 Å². The quantitative estimate of drug-likeness (QED) is 0.502. The highest BCUT2D eigenvalue weighted by Gasteiger charge is 2.33. The van der Waals surface area contributed by atoms with Crippen molar-refractivity contribution >= 4 is 11.9 Å². The number of carbonyl (C=O) groups excluding carboxylic acids is 2. The van der Waals surface area contributed by atoms with Gasteiger partial charge in [0.25, 0.3) is 0 Å². The second-order valence-electron chi connectivity index (χ2n) is 7.34. The molecule has 22 heavy (non-hydrogen) atoms. The van der Waals surface area contributed by atoms with E-state index in [2.05, 4.69) is 0 Å². The molecular weight excluding hydrogens is 280 g/mol. The first-order chi connectivity index (χ1) is 10.4. The van der Waals surface area contributed by atoms with Crippen LogP contribution in [0.4, 0.5) is 0 Å². The van der Waals surface area contributed by atoms with Crippen LogP contribution in [-0.4, -0.2) is 25.2 Å². The van der Waals surface area contributed by atoms with Crippen molar-refractivity contribution in [3.05, 3.63) is 0 Å². The molecular formula is C18H32O4. The van der Waals surface area contributed by atoms with Crippen LogP contribution in [0, 0.1) is 23.7 Å². The Labute approximate surface area is 134 Å². The van der Waals surface area contributed by atoms with Gasteiger partial charge < -0.3 is 9.47 Å². The fourth-order valence-corrected chi connectivity index (χ4v) is 2.74. The zero-order chi connectivity index (χ0) is 16.5. The van der Waals surface area contributed by atoms with Gasteiger partial charge in [0, 0.05) is 0 Å². The lowest BCUT2D eigenvalue weighted by atomic mass is 9.83. The first-order valence-electron chi connectivity index (χ1n) is 8.73.